The van der Waals surface area contributed by atoms with E-state index in [-0.39, 0.29) is 6.10 Å². The van der Waals surface area contributed by atoms with Crippen LogP contribution in [-0.2, 0) is 9.47 Å². The summed E-state index contributed by atoms with van der Waals surface area (Å²) in [4.78, 5) is 4.24. The average Bonchev–Trinajstić information content (AvgIpc) is 3.12. The van der Waals surface area contributed by atoms with Gasteiger partial charge in [0.2, 0.25) is 0 Å². The van der Waals surface area contributed by atoms with Crippen molar-refractivity contribution in [3.63, 3.8) is 0 Å². The van der Waals surface area contributed by atoms with Gasteiger partial charge in [0, 0.05) is 37.1 Å². The smallest absolute Gasteiger partial charge is 0.0906 e. The molecule has 0 aromatic rings. The van der Waals surface area contributed by atoms with E-state index in [1.807, 2.05) is 40.9 Å². The fourth-order valence-electron chi connectivity index (χ4n) is 5.39. The van der Waals surface area contributed by atoms with Crippen LogP contribution in [0.5, 0.6) is 0 Å². The maximum absolute atomic E-state index is 6.35. The number of unbranched alkanes of at least 4 members (excludes halogenated alkanes) is 18. The van der Waals surface area contributed by atoms with Crippen LogP contribution in [0.1, 0.15) is 182 Å². The highest BCUT2D eigenvalue weighted by molar-refractivity contribution is 8.76. The summed E-state index contributed by atoms with van der Waals surface area (Å²) in [5, 5.41) is 0. The lowest BCUT2D eigenvalue weighted by Crippen LogP contribution is -2.23. The number of rotatable bonds is 39. The minimum Gasteiger partial charge on any atom is -0.379 e. The molecule has 0 rings (SSSR count). The predicted molar refractivity (Wildman–Crippen MR) is 232 cm³/mol. The lowest BCUT2D eigenvalue weighted by molar-refractivity contribution is -0.00609. The third kappa shape index (κ3) is 41.4. The van der Waals surface area contributed by atoms with E-state index in [9.17, 15) is 0 Å². The molecule has 5 heteroatoms. The Morgan fingerprint density at radius 2 is 1.02 bits per heavy atom. The standard InChI is InChI=1S/C45H81NO2S2/c1-5-8-10-12-14-16-18-20-22-24-26-28-30-32-34-36-38-47-41-45(43-50-49-42-44(4)40-46-7-3)48-39-37-35-33-31-29-27-25-23-21-19-17-15-13-11-9-6-2/h7,14-17,20-23,40,45H,5-6,8-13,18-19,24-39,41-43H2,1-4H3/b16-14-,17-15-,22-20-,23-21-,44-40+,46-7-. The SMILES string of the molecule is C/C=N\C=C(/C)CSSCC(COCCCCCCCC/C=C\C/C=C\CCCCC)OCCCCCCCC/C=C\C/C=C\CCCCC. The lowest BCUT2D eigenvalue weighted by Gasteiger charge is -2.18. The Bertz CT molecular complexity index is 848. The second-order valence-corrected chi connectivity index (χ2v) is 16.2. The average molecular weight is 732 g/mol. The molecule has 0 aliphatic rings. The van der Waals surface area contributed by atoms with E-state index in [1.54, 1.807) is 0 Å². The molecule has 0 radical (unpaired) electrons. The zero-order valence-electron chi connectivity index (χ0n) is 33.4. The minimum absolute atomic E-state index is 0.174. The van der Waals surface area contributed by atoms with E-state index < -0.39 is 0 Å². The molecule has 0 aromatic heterocycles. The molecule has 3 nitrogen and oxygen atoms in total. The Balaban J connectivity index is 3.99. The fourth-order valence-corrected chi connectivity index (χ4v) is 7.73. The van der Waals surface area contributed by atoms with E-state index in [0.717, 1.165) is 50.4 Å². The highest BCUT2D eigenvalue weighted by atomic mass is 33.1. The molecule has 0 bridgehead atoms. The molecule has 50 heavy (non-hydrogen) atoms. The van der Waals surface area contributed by atoms with Gasteiger partial charge in [-0.3, -0.25) is 4.99 Å². The molecular formula is C45H81NO2S2. The van der Waals surface area contributed by atoms with Crippen LogP contribution in [-0.4, -0.2) is 43.6 Å². The molecule has 0 saturated heterocycles. The second kappa shape index (κ2) is 44.2. The molecule has 0 saturated carbocycles. The summed E-state index contributed by atoms with van der Waals surface area (Å²) in [6.07, 6.45) is 53.3. The monoisotopic (exact) mass is 732 g/mol. The molecule has 290 valence electrons. The normalized spacial score (nSPS) is 13.5. The van der Waals surface area contributed by atoms with Gasteiger partial charge in [0.15, 0.2) is 0 Å². The summed E-state index contributed by atoms with van der Waals surface area (Å²) in [5.41, 5.74) is 1.30. The van der Waals surface area contributed by atoms with Gasteiger partial charge in [-0.15, -0.1) is 0 Å². The first-order valence-corrected chi connectivity index (χ1v) is 23.4. The third-order valence-electron chi connectivity index (χ3n) is 8.56. The minimum atomic E-state index is 0.174. The van der Waals surface area contributed by atoms with Gasteiger partial charge in [-0.25, -0.2) is 0 Å². The fraction of sp³-hybridized carbons (Fsp3) is 0.756. The Hall–Kier alpha value is -1.01. The molecule has 0 spiro atoms. The Kier molecular flexibility index (Phi) is 43.3. The van der Waals surface area contributed by atoms with Gasteiger partial charge in [0.25, 0.3) is 0 Å². The quantitative estimate of drug-likeness (QED) is 0.0273. The van der Waals surface area contributed by atoms with Gasteiger partial charge < -0.3 is 9.47 Å². The molecule has 1 unspecified atom stereocenters. The molecule has 0 aliphatic heterocycles. The Morgan fingerprint density at radius 1 is 0.560 bits per heavy atom. The van der Waals surface area contributed by atoms with Crippen LogP contribution >= 0.6 is 21.6 Å². The van der Waals surface area contributed by atoms with E-state index in [1.165, 1.54) is 134 Å². The van der Waals surface area contributed by atoms with Crippen LogP contribution in [0.3, 0.4) is 0 Å². The molecule has 1 atom stereocenters. The zero-order valence-corrected chi connectivity index (χ0v) is 35.1. The molecule has 0 aromatic carbocycles. The van der Waals surface area contributed by atoms with Crippen molar-refractivity contribution in [2.75, 3.05) is 31.3 Å². The first-order valence-electron chi connectivity index (χ1n) is 20.9. The topological polar surface area (TPSA) is 30.8 Å². The van der Waals surface area contributed by atoms with Gasteiger partial charge in [-0.2, -0.15) is 0 Å². The van der Waals surface area contributed by atoms with E-state index in [2.05, 4.69) is 74.4 Å². The summed E-state index contributed by atoms with van der Waals surface area (Å²) in [6.45, 7) is 11.1. The van der Waals surface area contributed by atoms with Crippen LogP contribution in [0.25, 0.3) is 0 Å². The van der Waals surface area contributed by atoms with Crippen LogP contribution in [0.15, 0.2) is 65.4 Å². The Labute approximate surface area is 320 Å². The predicted octanol–water partition coefficient (Wildman–Crippen LogP) is 15.4. The van der Waals surface area contributed by atoms with E-state index >= 15 is 0 Å². The number of hydrogen-bond donors (Lipinski definition) is 0. The molecule has 0 fully saturated rings. The number of ether oxygens (including phenoxy) is 2. The van der Waals surface area contributed by atoms with Gasteiger partial charge in [-0.1, -0.05) is 161 Å². The summed E-state index contributed by atoms with van der Waals surface area (Å²) in [6, 6.07) is 0. The van der Waals surface area contributed by atoms with E-state index in [0.29, 0.717) is 6.61 Å². The number of nitrogens with zero attached hydrogens (tertiary/aromatic N) is 1. The van der Waals surface area contributed by atoms with Crippen molar-refractivity contribution in [1.29, 1.82) is 0 Å². The number of aliphatic imine (C=N–C) groups is 1. The summed E-state index contributed by atoms with van der Waals surface area (Å²) in [5.74, 6) is 1.97. The number of hydrogen-bond acceptors (Lipinski definition) is 5. The molecule has 0 aliphatic carbocycles. The number of allylic oxidation sites excluding steroid dienone is 8. The second-order valence-electron chi connectivity index (χ2n) is 13.7. The van der Waals surface area contributed by atoms with Crippen LogP contribution in [0.2, 0.25) is 0 Å². The van der Waals surface area contributed by atoms with Gasteiger partial charge in [-0.05, 0) is 96.5 Å². The van der Waals surface area contributed by atoms with Crippen molar-refractivity contribution in [3.8, 4) is 0 Å². The summed E-state index contributed by atoms with van der Waals surface area (Å²) in [7, 11) is 3.80. The van der Waals surface area contributed by atoms with Crippen molar-refractivity contribution < 1.29 is 9.47 Å². The molecule has 0 N–H and O–H groups in total. The maximum atomic E-state index is 6.35. The van der Waals surface area contributed by atoms with Crippen molar-refractivity contribution >= 4 is 27.8 Å². The third-order valence-corrected chi connectivity index (χ3v) is 11.1. The summed E-state index contributed by atoms with van der Waals surface area (Å²) < 4.78 is 12.5. The lowest BCUT2D eigenvalue weighted by atomic mass is 10.1. The highest BCUT2D eigenvalue weighted by Gasteiger charge is 2.10. The van der Waals surface area contributed by atoms with E-state index in [4.69, 9.17) is 9.47 Å². The largest absolute Gasteiger partial charge is 0.379 e. The maximum Gasteiger partial charge on any atom is 0.0906 e. The van der Waals surface area contributed by atoms with Gasteiger partial charge >= 0.3 is 0 Å². The summed E-state index contributed by atoms with van der Waals surface area (Å²) >= 11 is 0. The van der Waals surface area contributed by atoms with Crippen molar-refractivity contribution in [2.45, 2.75) is 188 Å². The van der Waals surface area contributed by atoms with Crippen LogP contribution in [0, 0.1) is 0 Å². The van der Waals surface area contributed by atoms with Crippen molar-refractivity contribution in [3.05, 3.63) is 60.4 Å². The van der Waals surface area contributed by atoms with Crippen molar-refractivity contribution in [2.24, 2.45) is 4.99 Å². The van der Waals surface area contributed by atoms with Gasteiger partial charge in [0.05, 0.1) is 12.7 Å². The molecular weight excluding hydrogens is 651 g/mol. The van der Waals surface area contributed by atoms with Gasteiger partial charge in [0.1, 0.15) is 0 Å². The zero-order chi connectivity index (χ0) is 36.3. The van der Waals surface area contributed by atoms with Crippen LogP contribution in [0.4, 0.5) is 0 Å². The highest BCUT2D eigenvalue weighted by Crippen LogP contribution is 2.25. The van der Waals surface area contributed by atoms with Crippen LogP contribution < -0.4 is 0 Å². The molecule has 0 amide bonds. The Morgan fingerprint density at radius 3 is 1.52 bits per heavy atom. The first-order chi connectivity index (χ1) is 24.7. The first kappa shape index (κ1) is 49.0. The van der Waals surface area contributed by atoms with Crippen molar-refractivity contribution in [1.82, 2.24) is 0 Å². The molecule has 0 heterocycles.